The molecule has 2 heterocycles. The van der Waals surface area contributed by atoms with Crippen LogP contribution in [0.5, 0.6) is 0 Å². The van der Waals surface area contributed by atoms with Crippen LogP contribution in [0.15, 0.2) is 24.3 Å². The number of piperidine rings is 1. The maximum Gasteiger partial charge on any atom is 0.241 e. The Kier molecular flexibility index (Phi) is 4.20. The molecule has 0 aliphatic carbocycles. The van der Waals surface area contributed by atoms with E-state index >= 15 is 0 Å². The molecule has 2 fully saturated rings. The first kappa shape index (κ1) is 14.1. The number of benzene rings is 1. The van der Waals surface area contributed by atoms with E-state index in [1.807, 2.05) is 24.3 Å². The predicted octanol–water partition coefficient (Wildman–Crippen LogP) is 1.89. The molecule has 2 amide bonds. The maximum atomic E-state index is 12.2. The van der Waals surface area contributed by atoms with Crippen molar-refractivity contribution < 1.29 is 9.59 Å². The summed E-state index contributed by atoms with van der Waals surface area (Å²) in [4.78, 5) is 25.8. The fraction of sp³-hybridized carbons (Fsp3) is 0.500. The molecule has 5 nitrogen and oxygen atoms in total. The molecule has 2 aliphatic heterocycles. The number of hydrogen-bond acceptors (Lipinski definition) is 3. The van der Waals surface area contributed by atoms with Crippen LogP contribution in [0.1, 0.15) is 32.1 Å². The van der Waals surface area contributed by atoms with E-state index in [-0.39, 0.29) is 17.9 Å². The molecule has 1 atom stereocenters. The zero-order valence-electron chi connectivity index (χ0n) is 12.1. The zero-order chi connectivity index (χ0) is 14.7. The summed E-state index contributed by atoms with van der Waals surface area (Å²) in [7, 11) is 0. The van der Waals surface area contributed by atoms with Crippen LogP contribution < -0.4 is 15.5 Å². The molecule has 21 heavy (non-hydrogen) atoms. The Morgan fingerprint density at radius 2 is 2.19 bits per heavy atom. The van der Waals surface area contributed by atoms with Crippen molar-refractivity contribution in [3.05, 3.63) is 24.3 Å². The molecule has 2 aliphatic rings. The molecule has 2 saturated heterocycles. The fourth-order valence-electron chi connectivity index (χ4n) is 2.98. The van der Waals surface area contributed by atoms with Crippen LogP contribution in [0, 0.1) is 0 Å². The van der Waals surface area contributed by atoms with Crippen molar-refractivity contribution in [2.24, 2.45) is 0 Å². The number of hydrogen-bond donors (Lipinski definition) is 2. The molecule has 112 valence electrons. The molecule has 0 saturated carbocycles. The van der Waals surface area contributed by atoms with Gasteiger partial charge in [0.1, 0.15) is 0 Å². The van der Waals surface area contributed by atoms with Crippen LogP contribution in [0.4, 0.5) is 11.4 Å². The normalized spacial score (nSPS) is 22.4. The van der Waals surface area contributed by atoms with Gasteiger partial charge in [-0.3, -0.25) is 9.59 Å². The Balaban J connectivity index is 1.68. The lowest BCUT2D eigenvalue weighted by Gasteiger charge is -2.23. The quantitative estimate of drug-likeness (QED) is 0.892. The van der Waals surface area contributed by atoms with Crippen LogP contribution in [-0.2, 0) is 9.59 Å². The van der Waals surface area contributed by atoms with E-state index in [4.69, 9.17) is 0 Å². The van der Waals surface area contributed by atoms with Gasteiger partial charge in [-0.25, -0.2) is 0 Å². The fourth-order valence-corrected chi connectivity index (χ4v) is 2.98. The van der Waals surface area contributed by atoms with Crippen molar-refractivity contribution >= 4 is 23.2 Å². The average Bonchev–Trinajstić information content (AvgIpc) is 2.94. The number of carbonyl (C=O) groups is 2. The maximum absolute atomic E-state index is 12.2. The van der Waals surface area contributed by atoms with E-state index in [1.54, 1.807) is 4.90 Å². The van der Waals surface area contributed by atoms with E-state index in [0.717, 1.165) is 50.1 Å². The molecule has 0 aromatic heterocycles. The summed E-state index contributed by atoms with van der Waals surface area (Å²) in [6, 6.07) is 7.44. The lowest BCUT2D eigenvalue weighted by molar-refractivity contribution is -0.118. The van der Waals surface area contributed by atoms with Crippen LogP contribution in [0.25, 0.3) is 0 Å². The number of nitrogens with one attached hydrogen (secondary N) is 2. The molecule has 2 N–H and O–H groups in total. The summed E-state index contributed by atoms with van der Waals surface area (Å²) in [6.45, 7) is 1.67. The second-order valence-electron chi connectivity index (χ2n) is 5.69. The third-order valence-corrected chi connectivity index (χ3v) is 4.13. The summed E-state index contributed by atoms with van der Waals surface area (Å²) >= 11 is 0. The first-order chi connectivity index (χ1) is 10.2. The predicted molar refractivity (Wildman–Crippen MR) is 82.3 cm³/mol. The van der Waals surface area contributed by atoms with Gasteiger partial charge in [-0.1, -0.05) is 12.5 Å². The number of rotatable bonds is 3. The van der Waals surface area contributed by atoms with Gasteiger partial charge in [-0.05, 0) is 44.0 Å². The summed E-state index contributed by atoms with van der Waals surface area (Å²) < 4.78 is 0. The molecule has 0 unspecified atom stereocenters. The standard InChI is InChI=1S/C16H21N3O2/c20-15-8-4-10-19(15)13-6-3-5-12(11-13)18-16(21)14-7-1-2-9-17-14/h3,5-6,11,14,17H,1-2,4,7-10H2,(H,18,21)/t14-/m0/s1. The van der Waals surface area contributed by atoms with E-state index in [0.29, 0.717) is 6.42 Å². The average molecular weight is 287 g/mol. The van der Waals surface area contributed by atoms with Crippen LogP contribution in [0.2, 0.25) is 0 Å². The lowest BCUT2D eigenvalue weighted by atomic mass is 10.0. The zero-order valence-corrected chi connectivity index (χ0v) is 12.1. The highest BCUT2D eigenvalue weighted by Gasteiger charge is 2.23. The second kappa shape index (κ2) is 6.26. The van der Waals surface area contributed by atoms with Gasteiger partial charge < -0.3 is 15.5 Å². The summed E-state index contributed by atoms with van der Waals surface area (Å²) in [6.07, 6.45) is 4.63. The highest BCUT2D eigenvalue weighted by atomic mass is 16.2. The number of nitrogens with zero attached hydrogens (tertiary/aromatic N) is 1. The molecule has 3 rings (SSSR count). The van der Waals surface area contributed by atoms with Gasteiger partial charge in [0, 0.05) is 24.3 Å². The van der Waals surface area contributed by atoms with Crippen LogP contribution in [0.3, 0.4) is 0 Å². The number of amides is 2. The monoisotopic (exact) mass is 287 g/mol. The Morgan fingerprint density at radius 1 is 1.29 bits per heavy atom. The Bertz CT molecular complexity index is 538. The van der Waals surface area contributed by atoms with Gasteiger partial charge >= 0.3 is 0 Å². The molecular weight excluding hydrogens is 266 g/mol. The molecule has 1 aromatic rings. The smallest absolute Gasteiger partial charge is 0.241 e. The first-order valence-electron chi connectivity index (χ1n) is 7.69. The van der Waals surface area contributed by atoms with Crippen molar-refractivity contribution in [1.82, 2.24) is 5.32 Å². The largest absolute Gasteiger partial charge is 0.325 e. The highest BCUT2D eigenvalue weighted by Crippen LogP contribution is 2.24. The Labute approximate surface area is 124 Å². The Hall–Kier alpha value is -1.88. The van der Waals surface area contributed by atoms with Gasteiger partial charge in [0.2, 0.25) is 11.8 Å². The van der Waals surface area contributed by atoms with Crippen molar-refractivity contribution in [1.29, 1.82) is 0 Å². The van der Waals surface area contributed by atoms with E-state index in [9.17, 15) is 9.59 Å². The molecule has 1 aromatic carbocycles. The van der Waals surface area contributed by atoms with Gasteiger partial charge in [0.15, 0.2) is 0 Å². The van der Waals surface area contributed by atoms with Crippen LogP contribution in [-0.4, -0.2) is 30.9 Å². The van der Waals surface area contributed by atoms with E-state index in [2.05, 4.69) is 10.6 Å². The number of anilines is 2. The van der Waals surface area contributed by atoms with Gasteiger partial charge in [-0.15, -0.1) is 0 Å². The molecular formula is C16H21N3O2. The summed E-state index contributed by atoms with van der Waals surface area (Å²) in [5.74, 6) is 0.173. The minimum Gasteiger partial charge on any atom is -0.325 e. The van der Waals surface area contributed by atoms with Crippen molar-refractivity contribution in [2.45, 2.75) is 38.1 Å². The second-order valence-corrected chi connectivity index (χ2v) is 5.69. The van der Waals surface area contributed by atoms with E-state index in [1.165, 1.54) is 0 Å². The molecule has 0 spiro atoms. The van der Waals surface area contributed by atoms with Gasteiger partial charge in [0.25, 0.3) is 0 Å². The van der Waals surface area contributed by atoms with Gasteiger partial charge in [-0.2, -0.15) is 0 Å². The lowest BCUT2D eigenvalue weighted by Crippen LogP contribution is -2.43. The minimum atomic E-state index is -0.101. The van der Waals surface area contributed by atoms with Crippen molar-refractivity contribution in [3.8, 4) is 0 Å². The minimum absolute atomic E-state index is 0.0135. The third-order valence-electron chi connectivity index (χ3n) is 4.13. The third kappa shape index (κ3) is 3.24. The first-order valence-corrected chi connectivity index (χ1v) is 7.69. The molecule has 0 bridgehead atoms. The van der Waals surface area contributed by atoms with Crippen molar-refractivity contribution in [2.75, 3.05) is 23.3 Å². The summed E-state index contributed by atoms with van der Waals surface area (Å²) in [5.41, 5.74) is 1.62. The highest BCUT2D eigenvalue weighted by molar-refractivity contribution is 5.98. The summed E-state index contributed by atoms with van der Waals surface area (Å²) in [5, 5.41) is 6.19. The molecule has 0 radical (unpaired) electrons. The van der Waals surface area contributed by atoms with Crippen LogP contribution >= 0.6 is 0 Å². The molecule has 5 heteroatoms. The topological polar surface area (TPSA) is 61.4 Å². The van der Waals surface area contributed by atoms with Crippen molar-refractivity contribution in [3.63, 3.8) is 0 Å². The SMILES string of the molecule is O=C(Nc1cccc(N2CCCC2=O)c1)[C@@H]1CCCCN1. The number of carbonyl (C=O) groups excluding carboxylic acids is 2. The Morgan fingerprint density at radius 3 is 2.90 bits per heavy atom. The van der Waals surface area contributed by atoms with Gasteiger partial charge in [0.05, 0.1) is 6.04 Å². The van der Waals surface area contributed by atoms with E-state index < -0.39 is 0 Å².